The second kappa shape index (κ2) is 13.0. The number of sulfone groups is 1. The number of carbonyl (C=O) groups excluding carboxylic acids is 1. The number of likely N-dealkylation sites (tertiary alicyclic amines) is 1. The second-order valence-corrected chi connectivity index (χ2v) is 14.8. The van der Waals surface area contributed by atoms with Gasteiger partial charge in [0, 0.05) is 16.6 Å². The van der Waals surface area contributed by atoms with Crippen LogP contribution in [-0.4, -0.2) is 69.5 Å². The number of amides is 1. The van der Waals surface area contributed by atoms with Gasteiger partial charge in [-0.25, -0.2) is 30.7 Å². The molecule has 1 heterocycles. The molecule has 1 saturated carbocycles. The van der Waals surface area contributed by atoms with Gasteiger partial charge in [-0.2, -0.15) is 13.2 Å². The van der Waals surface area contributed by atoms with Crippen molar-refractivity contribution in [2.75, 3.05) is 19.3 Å². The summed E-state index contributed by atoms with van der Waals surface area (Å²) in [5.41, 5.74) is 1.25. The molecule has 0 unspecified atom stereocenters. The Morgan fingerprint density at radius 3 is 1.95 bits per heavy atom. The van der Waals surface area contributed by atoms with E-state index in [-0.39, 0.29) is 26.4 Å². The first-order valence-electron chi connectivity index (χ1n) is 12.3. The molecule has 2 aromatic rings. The summed E-state index contributed by atoms with van der Waals surface area (Å²) in [5.74, 6) is -4.35. The van der Waals surface area contributed by atoms with Gasteiger partial charge in [-0.3, -0.25) is 9.69 Å². The third-order valence-electron chi connectivity index (χ3n) is 6.54. The number of nitrogens with one attached hydrogen (secondary N) is 1. The highest BCUT2D eigenvalue weighted by Gasteiger charge is 2.38. The maximum absolute atomic E-state index is 14.8. The molecule has 0 atom stereocenters. The van der Waals surface area contributed by atoms with Crippen LogP contribution in [0.1, 0.15) is 53.1 Å². The SMILES string of the molecule is CS(=O)(=O)NC(=O)c1cc(C2CC2)c(CN2CCC(S(=O)(=O)c3cc(Cl)cc(Cl)c3)CC2)cc1F.O=C(O)C(F)(F)F. The van der Waals surface area contributed by atoms with E-state index in [9.17, 15) is 39.2 Å². The predicted octanol–water partition coefficient (Wildman–Crippen LogP) is 4.77. The van der Waals surface area contributed by atoms with Crippen molar-refractivity contribution in [3.63, 3.8) is 0 Å². The summed E-state index contributed by atoms with van der Waals surface area (Å²) in [6, 6.07) is 7.03. The van der Waals surface area contributed by atoms with Crippen LogP contribution in [0.25, 0.3) is 0 Å². The van der Waals surface area contributed by atoms with Crippen LogP contribution in [0.15, 0.2) is 35.2 Å². The molecule has 232 valence electrons. The van der Waals surface area contributed by atoms with E-state index in [4.69, 9.17) is 33.1 Å². The fourth-order valence-electron chi connectivity index (χ4n) is 4.44. The van der Waals surface area contributed by atoms with E-state index in [0.717, 1.165) is 30.2 Å². The van der Waals surface area contributed by atoms with E-state index in [1.54, 1.807) is 0 Å². The molecule has 9 nitrogen and oxygen atoms in total. The van der Waals surface area contributed by atoms with E-state index in [2.05, 4.69) is 4.90 Å². The van der Waals surface area contributed by atoms with Gasteiger partial charge in [-0.05, 0) is 86.1 Å². The largest absolute Gasteiger partial charge is 0.490 e. The number of aliphatic carboxylic acids is 1. The molecule has 2 N–H and O–H groups in total. The molecule has 2 aromatic carbocycles. The topological polar surface area (TPSA) is 138 Å². The number of hydrogen-bond donors (Lipinski definition) is 2. The summed E-state index contributed by atoms with van der Waals surface area (Å²) in [6.45, 7) is 1.41. The van der Waals surface area contributed by atoms with Gasteiger partial charge < -0.3 is 5.11 Å². The minimum atomic E-state index is -5.08. The average Bonchev–Trinajstić information content (AvgIpc) is 3.68. The third kappa shape index (κ3) is 9.27. The summed E-state index contributed by atoms with van der Waals surface area (Å²) in [4.78, 5) is 23.3. The molecule has 1 saturated heterocycles. The molecule has 2 fully saturated rings. The lowest BCUT2D eigenvalue weighted by Crippen LogP contribution is -2.39. The Morgan fingerprint density at radius 1 is 0.976 bits per heavy atom. The van der Waals surface area contributed by atoms with Gasteiger partial charge >= 0.3 is 12.1 Å². The van der Waals surface area contributed by atoms with Gasteiger partial charge in [0.25, 0.3) is 5.91 Å². The number of sulfonamides is 1. The number of nitrogens with zero attached hydrogens (tertiary/aromatic N) is 1. The maximum Gasteiger partial charge on any atom is 0.490 e. The minimum absolute atomic E-state index is 0.106. The zero-order chi connectivity index (χ0) is 31.6. The Kier molecular flexibility index (Phi) is 10.6. The number of carboxylic acid groups (broad SMARTS) is 1. The maximum atomic E-state index is 14.8. The lowest BCUT2D eigenvalue weighted by atomic mass is 9.98. The molecule has 0 aromatic heterocycles. The monoisotopic (exact) mass is 676 g/mol. The highest BCUT2D eigenvalue weighted by Crippen LogP contribution is 2.43. The van der Waals surface area contributed by atoms with E-state index >= 15 is 0 Å². The van der Waals surface area contributed by atoms with Gasteiger partial charge in [0.2, 0.25) is 10.0 Å². The lowest BCUT2D eigenvalue weighted by molar-refractivity contribution is -0.192. The first-order chi connectivity index (χ1) is 19.3. The van der Waals surface area contributed by atoms with Crippen LogP contribution in [0.2, 0.25) is 10.0 Å². The van der Waals surface area contributed by atoms with Crippen molar-refractivity contribution in [2.45, 2.75) is 54.5 Å². The first kappa shape index (κ1) is 34.0. The van der Waals surface area contributed by atoms with E-state index in [1.165, 1.54) is 30.3 Å². The summed E-state index contributed by atoms with van der Waals surface area (Å²) < 4.78 is 97.3. The van der Waals surface area contributed by atoms with Crippen LogP contribution in [0.4, 0.5) is 17.6 Å². The van der Waals surface area contributed by atoms with Crippen molar-refractivity contribution in [3.8, 4) is 0 Å². The molecular formula is C25H26Cl2F4N2O7S2. The van der Waals surface area contributed by atoms with Crippen LogP contribution in [0.5, 0.6) is 0 Å². The average molecular weight is 678 g/mol. The Morgan fingerprint density at radius 2 is 1.50 bits per heavy atom. The molecule has 0 spiro atoms. The molecule has 4 rings (SSSR count). The number of hydrogen-bond acceptors (Lipinski definition) is 7. The van der Waals surface area contributed by atoms with E-state index in [1.807, 2.05) is 4.72 Å². The van der Waals surface area contributed by atoms with Crippen molar-refractivity contribution in [2.24, 2.45) is 0 Å². The number of carboxylic acids is 1. The molecule has 42 heavy (non-hydrogen) atoms. The van der Waals surface area contributed by atoms with Gasteiger partial charge in [0.1, 0.15) is 5.82 Å². The quantitative estimate of drug-likeness (QED) is 0.400. The number of carbonyl (C=O) groups is 2. The van der Waals surface area contributed by atoms with Crippen molar-refractivity contribution in [1.82, 2.24) is 9.62 Å². The van der Waals surface area contributed by atoms with Gasteiger partial charge in [-0.1, -0.05) is 23.2 Å². The van der Waals surface area contributed by atoms with Crippen LogP contribution in [-0.2, 0) is 31.2 Å². The second-order valence-electron chi connectivity index (χ2n) is 9.94. The minimum Gasteiger partial charge on any atom is -0.475 e. The standard InChI is InChI=1S/C23H25Cl2FN2O5S2.C2HF3O2/c1-34(30,31)27-23(29)21-12-20(14-2-3-14)15(8-22(21)26)13-28-6-4-18(5-7-28)35(32,33)19-10-16(24)9-17(25)11-19;3-2(4,5)1(6)7/h8-12,14,18H,2-7,13H2,1H3,(H,27,29);(H,6,7). The van der Waals surface area contributed by atoms with Gasteiger partial charge in [-0.15, -0.1) is 0 Å². The number of halogens is 6. The van der Waals surface area contributed by atoms with Crippen molar-refractivity contribution in [3.05, 3.63) is 62.9 Å². The highest BCUT2D eigenvalue weighted by molar-refractivity contribution is 7.92. The van der Waals surface area contributed by atoms with E-state index in [0.29, 0.717) is 32.5 Å². The van der Waals surface area contributed by atoms with Crippen LogP contribution >= 0.6 is 23.2 Å². The zero-order valence-electron chi connectivity index (χ0n) is 21.9. The number of alkyl halides is 3. The normalized spacial score (nSPS) is 16.8. The van der Waals surface area contributed by atoms with E-state index < -0.39 is 49.0 Å². The predicted molar refractivity (Wildman–Crippen MR) is 146 cm³/mol. The summed E-state index contributed by atoms with van der Waals surface area (Å²) >= 11 is 12.0. The molecule has 2 aliphatic rings. The van der Waals surface area contributed by atoms with Crippen molar-refractivity contribution < 1.29 is 49.1 Å². The summed E-state index contributed by atoms with van der Waals surface area (Å²) in [6.07, 6.45) is -1.61. The lowest BCUT2D eigenvalue weighted by Gasteiger charge is -2.32. The Hall–Kier alpha value is -2.46. The Balaban J connectivity index is 0.000000616. The van der Waals surface area contributed by atoms with Crippen LogP contribution < -0.4 is 4.72 Å². The molecule has 1 aliphatic heterocycles. The number of benzene rings is 2. The summed E-state index contributed by atoms with van der Waals surface area (Å²) in [7, 11) is -7.42. The third-order valence-corrected chi connectivity index (χ3v) is 9.78. The molecule has 0 bridgehead atoms. The van der Waals surface area contributed by atoms with Gasteiger partial charge in [0.15, 0.2) is 9.84 Å². The van der Waals surface area contributed by atoms with Crippen molar-refractivity contribution >= 4 is 54.9 Å². The smallest absolute Gasteiger partial charge is 0.475 e. The fraction of sp³-hybridized carbons (Fsp3) is 0.440. The Bertz CT molecular complexity index is 1550. The molecule has 17 heteroatoms. The molecular weight excluding hydrogens is 651 g/mol. The first-order valence-corrected chi connectivity index (χ1v) is 16.5. The molecule has 1 aliphatic carbocycles. The fourth-order valence-corrected chi connectivity index (χ4v) is 7.34. The molecule has 0 radical (unpaired) electrons. The highest BCUT2D eigenvalue weighted by atomic mass is 35.5. The number of rotatable bonds is 7. The van der Waals surface area contributed by atoms with Crippen molar-refractivity contribution in [1.29, 1.82) is 0 Å². The Labute approximate surface area is 249 Å². The van der Waals surface area contributed by atoms with Gasteiger partial charge in [0.05, 0.1) is 22.0 Å². The zero-order valence-corrected chi connectivity index (χ0v) is 25.1. The summed E-state index contributed by atoms with van der Waals surface area (Å²) in [5, 5.41) is 7.07. The molecule has 1 amide bonds. The van der Waals surface area contributed by atoms with Crippen LogP contribution in [0, 0.1) is 5.82 Å². The number of piperidine rings is 1. The van der Waals surface area contributed by atoms with Crippen LogP contribution in [0.3, 0.4) is 0 Å².